The van der Waals surface area contributed by atoms with Gasteiger partial charge in [0.05, 0.1) is 11.3 Å². The van der Waals surface area contributed by atoms with Crippen molar-refractivity contribution in [2.24, 2.45) is 4.99 Å². The normalized spacial score (nSPS) is 16.9. The molecule has 18 heavy (non-hydrogen) atoms. The minimum absolute atomic E-state index is 0.290. The lowest BCUT2D eigenvalue weighted by Crippen LogP contribution is -2.48. The third-order valence-corrected chi connectivity index (χ3v) is 3.24. The highest BCUT2D eigenvalue weighted by Gasteiger charge is 2.39. The molecule has 0 radical (unpaired) electrons. The average molecular weight is 256 g/mol. The van der Waals surface area contributed by atoms with Gasteiger partial charge < -0.3 is 5.32 Å². The summed E-state index contributed by atoms with van der Waals surface area (Å²) in [5.41, 5.74) is 1.78. The molecule has 1 heterocycles. The average Bonchev–Trinajstić information content (AvgIpc) is 2.68. The summed E-state index contributed by atoms with van der Waals surface area (Å²) in [7, 11) is 0. The Bertz CT molecular complexity index is 492. The highest BCUT2D eigenvalue weighted by molar-refractivity contribution is 7.80. The molecule has 0 aliphatic carbocycles. The minimum Gasteiger partial charge on any atom is -0.349 e. The second-order valence-corrected chi connectivity index (χ2v) is 4.71. The largest absolute Gasteiger partial charge is 0.349 e. The fraction of sp³-hybridized carbons (Fsp3) is 0.200. The molecule has 92 valence electrons. The molecule has 2 nitrogen and oxygen atoms in total. The number of aliphatic imine (C=N–C) groups is 1. The Kier molecular flexibility index (Phi) is 3.72. The van der Waals surface area contributed by atoms with Crippen molar-refractivity contribution in [3.8, 4) is 0 Å². The van der Waals surface area contributed by atoms with Crippen LogP contribution in [-0.4, -0.2) is 16.4 Å². The van der Waals surface area contributed by atoms with Crippen molar-refractivity contribution in [2.45, 2.75) is 18.4 Å². The van der Waals surface area contributed by atoms with Crippen molar-refractivity contribution in [3.63, 3.8) is 0 Å². The standard InChI is InChI=1S/C15H16N2S/c1-3-10-15(11-4-2)13(16-14(18)17-15)12-8-6-5-7-9-12/h3-9H,1-2,10-11H2,(H,17,18). The fourth-order valence-electron chi connectivity index (χ4n) is 2.31. The first-order chi connectivity index (χ1) is 8.72. The van der Waals surface area contributed by atoms with Gasteiger partial charge in [0, 0.05) is 0 Å². The van der Waals surface area contributed by atoms with Gasteiger partial charge in [0.1, 0.15) is 0 Å². The molecule has 0 bridgehead atoms. The number of hydrogen-bond donors (Lipinski definition) is 1. The summed E-state index contributed by atoms with van der Waals surface area (Å²) in [4.78, 5) is 4.49. The Morgan fingerprint density at radius 1 is 1.17 bits per heavy atom. The van der Waals surface area contributed by atoms with E-state index in [0.29, 0.717) is 5.11 Å². The number of thiocarbonyl (C=S) groups is 1. The first kappa shape index (κ1) is 12.7. The Labute approximate surface area is 113 Å². The highest BCUT2D eigenvalue weighted by Crippen LogP contribution is 2.28. The maximum atomic E-state index is 5.21. The molecule has 1 aliphatic rings. The minimum atomic E-state index is -0.290. The van der Waals surface area contributed by atoms with Crippen LogP contribution >= 0.6 is 12.2 Å². The van der Waals surface area contributed by atoms with Crippen LogP contribution in [0.2, 0.25) is 0 Å². The zero-order valence-corrected chi connectivity index (χ0v) is 11.0. The molecule has 1 aliphatic heterocycles. The fourth-order valence-corrected chi connectivity index (χ4v) is 2.60. The molecule has 3 heteroatoms. The van der Waals surface area contributed by atoms with E-state index in [1.54, 1.807) is 0 Å². The van der Waals surface area contributed by atoms with E-state index < -0.39 is 0 Å². The number of nitrogens with zero attached hydrogens (tertiary/aromatic N) is 1. The zero-order valence-electron chi connectivity index (χ0n) is 10.2. The summed E-state index contributed by atoms with van der Waals surface area (Å²) in [5, 5.41) is 3.84. The Balaban J connectivity index is 2.47. The van der Waals surface area contributed by atoms with Crippen LogP contribution in [0.25, 0.3) is 0 Å². The summed E-state index contributed by atoms with van der Waals surface area (Å²) < 4.78 is 0. The molecule has 1 aromatic rings. The first-order valence-corrected chi connectivity index (χ1v) is 6.31. The van der Waals surface area contributed by atoms with Gasteiger partial charge in [-0.1, -0.05) is 42.5 Å². The van der Waals surface area contributed by atoms with Crippen molar-refractivity contribution in [2.75, 3.05) is 0 Å². The SMILES string of the molecule is C=CCC1(CC=C)NC(=S)N=C1c1ccccc1. The highest BCUT2D eigenvalue weighted by atomic mass is 32.1. The smallest absolute Gasteiger partial charge is 0.193 e. The molecule has 0 spiro atoms. The molecule has 0 saturated heterocycles. The molecule has 1 aromatic carbocycles. The Morgan fingerprint density at radius 3 is 2.33 bits per heavy atom. The number of nitrogens with one attached hydrogen (secondary N) is 1. The second-order valence-electron chi connectivity index (χ2n) is 4.32. The third-order valence-electron chi connectivity index (χ3n) is 3.05. The second kappa shape index (κ2) is 5.27. The zero-order chi connectivity index (χ0) is 13.0. The van der Waals surface area contributed by atoms with E-state index in [4.69, 9.17) is 12.2 Å². The van der Waals surface area contributed by atoms with Crippen LogP contribution < -0.4 is 5.32 Å². The van der Waals surface area contributed by atoms with Crippen LogP contribution in [-0.2, 0) is 0 Å². The molecule has 0 amide bonds. The summed E-state index contributed by atoms with van der Waals surface area (Å²) in [5.74, 6) is 0. The van der Waals surface area contributed by atoms with E-state index >= 15 is 0 Å². The molecule has 0 saturated carbocycles. The van der Waals surface area contributed by atoms with Gasteiger partial charge in [-0.05, 0) is 30.6 Å². The van der Waals surface area contributed by atoms with Gasteiger partial charge >= 0.3 is 0 Å². The van der Waals surface area contributed by atoms with Crippen molar-refractivity contribution in [3.05, 3.63) is 61.2 Å². The topological polar surface area (TPSA) is 24.4 Å². The lowest BCUT2D eigenvalue weighted by molar-refractivity contribution is 0.536. The predicted molar refractivity (Wildman–Crippen MR) is 81.1 cm³/mol. The monoisotopic (exact) mass is 256 g/mol. The van der Waals surface area contributed by atoms with Crippen LogP contribution in [0.5, 0.6) is 0 Å². The van der Waals surface area contributed by atoms with E-state index in [0.717, 1.165) is 24.1 Å². The van der Waals surface area contributed by atoms with E-state index in [2.05, 4.69) is 35.6 Å². The molecule has 1 N–H and O–H groups in total. The molecular weight excluding hydrogens is 240 g/mol. The van der Waals surface area contributed by atoms with E-state index in [9.17, 15) is 0 Å². The Morgan fingerprint density at radius 2 is 1.78 bits per heavy atom. The van der Waals surface area contributed by atoms with Crippen LogP contribution in [0.3, 0.4) is 0 Å². The predicted octanol–water partition coefficient (Wildman–Crippen LogP) is 3.25. The van der Waals surface area contributed by atoms with Crippen molar-refractivity contribution in [1.29, 1.82) is 0 Å². The molecule has 0 fully saturated rings. The van der Waals surface area contributed by atoms with E-state index in [1.807, 2.05) is 30.4 Å². The third kappa shape index (κ3) is 2.27. The maximum Gasteiger partial charge on any atom is 0.193 e. The van der Waals surface area contributed by atoms with Gasteiger partial charge in [-0.2, -0.15) is 0 Å². The number of rotatable bonds is 5. The quantitative estimate of drug-likeness (QED) is 0.646. The van der Waals surface area contributed by atoms with Crippen LogP contribution in [0.4, 0.5) is 0 Å². The van der Waals surface area contributed by atoms with E-state index in [-0.39, 0.29) is 5.54 Å². The molecule has 0 atom stereocenters. The first-order valence-electron chi connectivity index (χ1n) is 5.90. The van der Waals surface area contributed by atoms with Crippen LogP contribution in [0, 0.1) is 0 Å². The maximum absolute atomic E-state index is 5.21. The summed E-state index contributed by atoms with van der Waals surface area (Å²) >= 11 is 5.21. The van der Waals surface area contributed by atoms with Crippen molar-refractivity contribution in [1.82, 2.24) is 5.32 Å². The summed E-state index contributed by atoms with van der Waals surface area (Å²) in [6.07, 6.45) is 5.32. The van der Waals surface area contributed by atoms with Gasteiger partial charge in [0.2, 0.25) is 0 Å². The van der Waals surface area contributed by atoms with E-state index in [1.165, 1.54) is 0 Å². The van der Waals surface area contributed by atoms with Gasteiger partial charge in [0.25, 0.3) is 0 Å². The van der Waals surface area contributed by atoms with Crippen molar-refractivity contribution >= 4 is 23.0 Å². The van der Waals surface area contributed by atoms with Gasteiger partial charge in [-0.3, -0.25) is 0 Å². The number of benzene rings is 1. The van der Waals surface area contributed by atoms with Crippen LogP contribution in [0.1, 0.15) is 18.4 Å². The lowest BCUT2D eigenvalue weighted by Gasteiger charge is -2.29. The van der Waals surface area contributed by atoms with Crippen LogP contribution in [0.15, 0.2) is 60.6 Å². The van der Waals surface area contributed by atoms with Crippen molar-refractivity contribution < 1.29 is 0 Å². The molecule has 0 aromatic heterocycles. The summed E-state index contributed by atoms with van der Waals surface area (Å²) in [6, 6.07) is 10.1. The lowest BCUT2D eigenvalue weighted by atomic mass is 9.83. The van der Waals surface area contributed by atoms with Gasteiger partial charge in [0.15, 0.2) is 5.11 Å². The molecule has 2 rings (SSSR count). The number of hydrogen-bond acceptors (Lipinski definition) is 1. The van der Waals surface area contributed by atoms with Gasteiger partial charge in [-0.15, -0.1) is 13.2 Å². The van der Waals surface area contributed by atoms with Gasteiger partial charge in [-0.25, -0.2) is 4.99 Å². The Hall–Kier alpha value is -1.74. The molecular formula is C15H16N2S. The summed E-state index contributed by atoms with van der Waals surface area (Å²) in [6.45, 7) is 7.66. The molecule has 0 unspecified atom stereocenters.